The molecule has 2 heterocycles. The van der Waals surface area contributed by atoms with Gasteiger partial charge in [-0.25, -0.2) is 8.42 Å². The second kappa shape index (κ2) is 9.78. The van der Waals surface area contributed by atoms with Crippen LogP contribution in [0.5, 0.6) is 0 Å². The predicted molar refractivity (Wildman–Crippen MR) is 129 cm³/mol. The maximum Gasteiger partial charge on any atom is 0.264 e. The minimum absolute atomic E-state index is 0.0548. The van der Waals surface area contributed by atoms with Gasteiger partial charge in [0.1, 0.15) is 4.90 Å². The molecule has 2 N–H and O–H groups in total. The Morgan fingerprint density at radius 1 is 1.03 bits per heavy atom. The number of sulfonamides is 1. The van der Waals surface area contributed by atoms with Crippen molar-refractivity contribution in [2.24, 2.45) is 0 Å². The highest BCUT2D eigenvalue weighted by Crippen LogP contribution is 2.31. The number of nitrogens with one attached hydrogen (secondary N) is 2. The van der Waals surface area contributed by atoms with Crippen molar-refractivity contribution >= 4 is 44.6 Å². The van der Waals surface area contributed by atoms with Crippen molar-refractivity contribution in [1.82, 2.24) is 4.98 Å². The molecule has 0 spiro atoms. The lowest BCUT2D eigenvalue weighted by atomic mass is 10.2. The highest BCUT2D eigenvalue weighted by Gasteiger charge is 2.24. The van der Waals surface area contributed by atoms with Gasteiger partial charge in [0.2, 0.25) is 0 Å². The standard InChI is InChI=1S/C23H23ClN4O4S/c1-16-2-3-17(15-25-16)23(29)26-20-8-9-21(28-10-12-32-13-11-28)22(14-20)33(30,31)27-19-6-4-18(24)5-7-19/h2-9,14-15,27H,10-13H2,1H3,(H,26,29). The summed E-state index contributed by atoms with van der Waals surface area (Å²) >= 11 is 5.91. The van der Waals surface area contributed by atoms with Gasteiger partial charge in [-0.1, -0.05) is 11.6 Å². The zero-order valence-electron chi connectivity index (χ0n) is 17.9. The van der Waals surface area contributed by atoms with E-state index in [0.717, 1.165) is 5.69 Å². The SMILES string of the molecule is Cc1ccc(C(=O)Nc2ccc(N3CCOCC3)c(S(=O)(=O)Nc3ccc(Cl)cc3)c2)cn1. The molecule has 4 rings (SSSR count). The molecule has 1 aromatic heterocycles. The minimum Gasteiger partial charge on any atom is -0.378 e. The summed E-state index contributed by atoms with van der Waals surface area (Å²) in [4.78, 5) is 18.8. The number of benzene rings is 2. The van der Waals surface area contributed by atoms with E-state index in [1.165, 1.54) is 12.3 Å². The number of aryl methyl sites for hydroxylation is 1. The Morgan fingerprint density at radius 3 is 2.39 bits per heavy atom. The molecule has 0 aliphatic carbocycles. The monoisotopic (exact) mass is 486 g/mol. The van der Waals surface area contributed by atoms with Crippen LogP contribution in [-0.4, -0.2) is 45.6 Å². The van der Waals surface area contributed by atoms with Crippen LogP contribution in [0.1, 0.15) is 16.1 Å². The van der Waals surface area contributed by atoms with Gasteiger partial charge in [-0.2, -0.15) is 0 Å². The molecule has 0 unspecified atom stereocenters. The minimum atomic E-state index is -3.97. The second-order valence-corrected chi connectivity index (χ2v) is 9.62. The Bertz CT molecular complexity index is 1240. The number of aromatic nitrogens is 1. The van der Waals surface area contributed by atoms with E-state index in [2.05, 4.69) is 15.0 Å². The molecule has 0 radical (unpaired) electrons. The van der Waals surface area contributed by atoms with Crippen LogP contribution < -0.4 is 14.9 Å². The Balaban J connectivity index is 1.67. The van der Waals surface area contributed by atoms with Crippen LogP contribution in [0, 0.1) is 6.92 Å². The van der Waals surface area contributed by atoms with Gasteiger partial charge in [-0.3, -0.25) is 14.5 Å². The van der Waals surface area contributed by atoms with Crippen LogP contribution >= 0.6 is 11.6 Å². The maximum absolute atomic E-state index is 13.4. The van der Waals surface area contributed by atoms with Gasteiger partial charge < -0.3 is 15.0 Å². The smallest absolute Gasteiger partial charge is 0.264 e. The van der Waals surface area contributed by atoms with Crippen molar-refractivity contribution in [3.05, 3.63) is 77.1 Å². The molecule has 1 aliphatic heterocycles. The Morgan fingerprint density at radius 2 is 1.73 bits per heavy atom. The van der Waals surface area contributed by atoms with Gasteiger partial charge in [0, 0.05) is 41.4 Å². The van der Waals surface area contributed by atoms with E-state index in [-0.39, 0.29) is 10.8 Å². The van der Waals surface area contributed by atoms with Crippen molar-refractivity contribution < 1.29 is 17.9 Å². The number of nitrogens with zero attached hydrogens (tertiary/aromatic N) is 2. The van der Waals surface area contributed by atoms with E-state index in [4.69, 9.17) is 16.3 Å². The van der Waals surface area contributed by atoms with Crippen molar-refractivity contribution in [2.75, 3.05) is 41.2 Å². The van der Waals surface area contributed by atoms with E-state index in [9.17, 15) is 13.2 Å². The second-order valence-electron chi connectivity index (χ2n) is 7.54. The number of halogens is 1. The molecular weight excluding hydrogens is 464 g/mol. The van der Waals surface area contributed by atoms with Crippen LogP contribution in [0.2, 0.25) is 5.02 Å². The van der Waals surface area contributed by atoms with E-state index >= 15 is 0 Å². The molecule has 8 nitrogen and oxygen atoms in total. The summed E-state index contributed by atoms with van der Waals surface area (Å²) in [6.07, 6.45) is 1.48. The molecule has 0 bridgehead atoms. The number of anilines is 3. The Kier molecular flexibility index (Phi) is 6.83. The lowest BCUT2D eigenvalue weighted by Gasteiger charge is -2.30. The lowest BCUT2D eigenvalue weighted by Crippen LogP contribution is -2.37. The number of morpholine rings is 1. The summed E-state index contributed by atoms with van der Waals surface area (Å²) in [5.74, 6) is -0.379. The topological polar surface area (TPSA) is 101 Å². The highest BCUT2D eigenvalue weighted by atomic mass is 35.5. The summed E-state index contributed by atoms with van der Waals surface area (Å²) in [7, 11) is -3.97. The molecule has 172 valence electrons. The summed E-state index contributed by atoms with van der Waals surface area (Å²) in [5.41, 5.74) is 2.45. The fraction of sp³-hybridized carbons (Fsp3) is 0.217. The third kappa shape index (κ3) is 5.62. The Labute approximate surface area is 197 Å². The Hall–Kier alpha value is -3.14. The summed E-state index contributed by atoms with van der Waals surface area (Å²) < 4.78 is 34.7. The predicted octanol–water partition coefficient (Wildman–Crippen LogP) is 3.93. The van der Waals surface area contributed by atoms with Gasteiger partial charge in [-0.05, 0) is 61.5 Å². The van der Waals surface area contributed by atoms with Crippen LogP contribution in [0.3, 0.4) is 0 Å². The molecule has 3 aromatic rings. The molecule has 1 aliphatic rings. The largest absolute Gasteiger partial charge is 0.378 e. The molecule has 0 saturated carbocycles. The van der Waals surface area contributed by atoms with Crippen LogP contribution in [-0.2, 0) is 14.8 Å². The average molecular weight is 487 g/mol. The molecule has 1 amide bonds. The third-order valence-electron chi connectivity index (χ3n) is 5.13. The number of carbonyl (C=O) groups is 1. The van der Waals surface area contributed by atoms with Crippen LogP contribution in [0.4, 0.5) is 17.1 Å². The van der Waals surface area contributed by atoms with Crippen molar-refractivity contribution in [3.63, 3.8) is 0 Å². The molecule has 1 fully saturated rings. The molecule has 10 heteroatoms. The summed E-state index contributed by atoms with van der Waals surface area (Å²) in [5, 5.41) is 3.26. The van der Waals surface area contributed by atoms with Gasteiger partial charge >= 0.3 is 0 Å². The fourth-order valence-electron chi connectivity index (χ4n) is 3.41. The van der Waals surface area contributed by atoms with Gasteiger partial charge in [0.25, 0.3) is 15.9 Å². The first-order valence-electron chi connectivity index (χ1n) is 10.3. The average Bonchev–Trinajstić information content (AvgIpc) is 2.81. The van der Waals surface area contributed by atoms with Crippen molar-refractivity contribution in [1.29, 1.82) is 0 Å². The number of pyridine rings is 1. The zero-order valence-corrected chi connectivity index (χ0v) is 19.5. The van der Waals surface area contributed by atoms with Crippen molar-refractivity contribution in [3.8, 4) is 0 Å². The molecule has 2 aromatic carbocycles. The highest BCUT2D eigenvalue weighted by molar-refractivity contribution is 7.92. The first-order chi connectivity index (χ1) is 15.8. The van der Waals surface area contributed by atoms with Gasteiger partial charge in [0.15, 0.2) is 0 Å². The normalized spacial score (nSPS) is 14.1. The number of ether oxygens (including phenoxy) is 1. The number of hydrogen-bond donors (Lipinski definition) is 2. The van der Waals surface area contributed by atoms with Crippen LogP contribution in [0.25, 0.3) is 0 Å². The lowest BCUT2D eigenvalue weighted by molar-refractivity contribution is 0.102. The van der Waals surface area contributed by atoms with Crippen molar-refractivity contribution in [2.45, 2.75) is 11.8 Å². The number of rotatable bonds is 6. The first-order valence-corrected chi connectivity index (χ1v) is 12.2. The van der Waals surface area contributed by atoms with Gasteiger partial charge in [-0.15, -0.1) is 0 Å². The van der Waals surface area contributed by atoms with E-state index in [1.54, 1.807) is 48.5 Å². The molecule has 33 heavy (non-hydrogen) atoms. The number of carbonyl (C=O) groups excluding carboxylic acids is 1. The van der Waals surface area contributed by atoms with E-state index in [1.807, 2.05) is 11.8 Å². The van der Waals surface area contributed by atoms with Crippen LogP contribution in [0.15, 0.2) is 65.7 Å². The molecule has 1 saturated heterocycles. The molecular formula is C23H23ClN4O4S. The first kappa shape index (κ1) is 23.0. The number of hydrogen-bond acceptors (Lipinski definition) is 6. The maximum atomic E-state index is 13.4. The van der Waals surface area contributed by atoms with E-state index < -0.39 is 10.0 Å². The quantitative estimate of drug-likeness (QED) is 0.547. The number of amides is 1. The van der Waals surface area contributed by atoms with Gasteiger partial charge in [0.05, 0.1) is 24.5 Å². The summed E-state index contributed by atoms with van der Waals surface area (Å²) in [6.45, 7) is 3.96. The van der Waals surface area contributed by atoms with E-state index in [0.29, 0.717) is 54.0 Å². The summed E-state index contributed by atoms with van der Waals surface area (Å²) in [6, 6.07) is 14.6. The zero-order chi connectivity index (χ0) is 23.4. The fourth-order valence-corrected chi connectivity index (χ4v) is 4.84. The third-order valence-corrected chi connectivity index (χ3v) is 6.79. The molecule has 0 atom stereocenters.